The lowest BCUT2D eigenvalue weighted by atomic mass is 10.2. The summed E-state index contributed by atoms with van der Waals surface area (Å²) in [7, 11) is 0. The zero-order chi connectivity index (χ0) is 13.8. The normalized spacial score (nSPS) is 10.6. The van der Waals surface area contributed by atoms with Gasteiger partial charge in [-0.25, -0.2) is 4.79 Å². The van der Waals surface area contributed by atoms with Crippen molar-refractivity contribution in [3.63, 3.8) is 0 Å². The van der Waals surface area contributed by atoms with E-state index >= 15 is 0 Å². The predicted molar refractivity (Wildman–Crippen MR) is 77.7 cm³/mol. The maximum atomic E-state index is 11.7. The van der Waals surface area contributed by atoms with Crippen molar-refractivity contribution in [3.05, 3.63) is 23.9 Å². The molecule has 102 valence electrons. The van der Waals surface area contributed by atoms with E-state index < -0.39 is 0 Å². The summed E-state index contributed by atoms with van der Waals surface area (Å²) in [5.74, 6) is 0.860. The Morgan fingerprint density at radius 3 is 2.89 bits per heavy atom. The number of esters is 1. The molecule has 2 rings (SSSR count). The Hall–Kier alpha value is -1.82. The highest BCUT2D eigenvalue weighted by atomic mass is 32.2. The molecule has 0 fully saturated rings. The highest BCUT2D eigenvalue weighted by Gasteiger charge is 2.12. The van der Waals surface area contributed by atoms with Crippen molar-refractivity contribution in [2.75, 3.05) is 24.5 Å². The largest absolute Gasteiger partial charge is 0.483 e. The van der Waals surface area contributed by atoms with Crippen LogP contribution in [-0.2, 0) is 4.74 Å². The van der Waals surface area contributed by atoms with E-state index in [2.05, 4.69) is 4.98 Å². The molecule has 0 unspecified atom stereocenters. The van der Waals surface area contributed by atoms with Gasteiger partial charge in [-0.15, -0.1) is 11.8 Å². The molecule has 0 aliphatic rings. The quantitative estimate of drug-likeness (QED) is 0.500. The van der Waals surface area contributed by atoms with Gasteiger partial charge in [0.05, 0.1) is 17.8 Å². The summed E-state index contributed by atoms with van der Waals surface area (Å²) in [5, 5.41) is 0.833. The first-order valence-electron chi connectivity index (χ1n) is 5.86. The first kappa shape index (κ1) is 13.6. The molecule has 1 heterocycles. The van der Waals surface area contributed by atoms with E-state index in [0.717, 1.165) is 10.9 Å². The van der Waals surface area contributed by atoms with Gasteiger partial charge < -0.3 is 20.2 Å². The van der Waals surface area contributed by atoms with Gasteiger partial charge in [0.15, 0.2) is 0 Å². The standard InChI is InChI=1S/C13H16N2O3S/c1-3-17-13(16)11-5-8-4-9(18-7-19-2)6-10(14)12(8)15-11/h4-6,15H,3,7,14H2,1-2H3. The number of hydrogen-bond acceptors (Lipinski definition) is 5. The van der Waals surface area contributed by atoms with Crippen molar-refractivity contribution in [2.45, 2.75) is 6.92 Å². The number of nitrogens with one attached hydrogen (secondary N) is 1. The molecule has 0 amide bonds. The molecule has 2 aromatic rings. The smallest absolute Gasteiger partial charge is 0.354 e. The molecule has 0 radical (unpaired) electrons. The molecule has 0 aliphatic heterocycles. The molecular weight excluding hydrogens is 264 g/mol. The van der Waals surface area contributed by atoms with E-state index in [-0.39, 0.29) is 5.97 Å². The van der Waals surface area contributed by atoms with Gasteiger partial charge in [0, 0.05) is 11.5 Å². The number of fused-ring (bicyclic) bond motifs is 1. The van der Waals surface area contributed by atoms with Crippen LogP contribution in [0.4, 0.5) is 5.69 Å². The Morgan fingerprint density at radius 2 is 2.21 bits per heavy atom. The number of aromatic amines is 1. The fourth-order valence-electron chi connectivity index (χ4n) is 1.77. The highest BCUT2D eigenvalue weighted by Crippen LogP contribution is 2.28. The average molecular weight is 280 g/mol. The fourth-order valence-corrected chi connectivity index (χ4v) is 2.03. The molecule has 0 aliphatic carbocycles. The van der Waals surface area contributed by atoms with Gasteiger partial charge in [-0.1, -0.05) is 0 Å². The van der Waals surface area contributed by atoms with Crippen molar-refractivity contribution in [1.29, 1.82) is 0 Å². The summed E-state index contributed by atoms with van der Waals surface area (Å²) in [6, 6.07) is 5.31. The van der Waals surface area contributed by atoms with E-state index in [9.17, 15) is 4.79 Å². The van der Waals surface area contributed by atoms with Crippen LogP contribution in [0, 0.1) is 0 Å². The number of benzene rings is 1. The van der Waals surface area contributed by atoms with Gasteiger partial charge in [0.25, 0.3) is 0 Å². The molecule has 3 N–H and O–H groups in total. The molecule has 0 saturated carbocycles. The summed E-state index contributed by atoms with van der Waals surface area (Å²) < 4.78 is 10.5. The number of ether oxygens (including phenoxy) is 2. The van der Waals surface area contributed by atoms with Crippen molar-refractivity contribution >= 4 is 34.3 Å². The monoisotopic (exact) mass is 280 g/mol. The number of aromatic nitrogens is 1. The number of thioether (sulfide) groups is 1. The number of rotatable bonds is 5. The number of nitrogens with two attached hydrogens (primary N) is 1. The molecule has 19 heavy (non-hydrogen) atoms. The van der Waals surface area contributed by atoms with Crippen molar-refractivity contribution in [2.24, 2.45) is 0 Å². The summed E-state index contributed by atoms with van der Waals surface area (Å²) >= 11 is 1.58. The minimum atomic E-state index is -0.385. The lowest BCUT2D eigenvalue weighted by Crippen LogP contribution is -2.04. The van der Waals surface area contributed by atoms with Crippen LogP contribution >= 0.6 is 11.8 Å². The number of anilines is 1. The van der Waals surface area contributed by atoms with Crippen molar-refractivity contribution in [1.82, 2.24) is 4.98 Å². The van der Waals surface area contributed by atoms with Crippen LogP contribution in [0.5, 0.6) is 5.75 Å². The van der Waals surface area contributed by atoms with Crippen LogP contribution in [0.2, 0.25) is 0 Å². The van der Waals surface area contributed by atoms with Gasteiger partial charge in [-0.05, 0) is 25.3 Å². The summed E-state index contributed by atoms with van der Waals surface area (Å²) in [5.41, 5.74) is 7.61. The Bertz CT molecular complexity index is 595. The van der Waals surface area contributed by atoms with E-state index in [0.29, 0.717) is 29.7 Å². The second kappa shape index (κ2) is 5.88. The number of carbonyl (C=O) groups is 1. The Labute approximate surface area is 115 Å². The van der Waals surface area contributed by atoms with Crippen LogP contribution in [0.15, 0.2) is 18.2 Å². The van der Waals surface area contributed by atoms with Crippen LogP contribution in [0.3, 0.4) is 0 Å². The summed E-state index contributed by atoms with van der Waals surface area (Å²) in [4.78, 5) is 14.6. The molecule has 1 aromatic heterocycles. The summed E-state index contributed by atoms with van der Waals surface area (Å²) in [6.07, 6.45) is 1.96. The maximum Gasteiger partial charge on any atom is 0.354 e. The molecular formula is C13H16N2O3S. The lowest BCUT2D eigenvalue weighted by molar-refractivity contribution is 0.0520. The number of hydrogen-bond donors (Lipinski definition) is 2. The highest BCUT2D eigenvalue weighted by molar-refractivity contribution is 7.98. The Balaban J connectivity index is 2.36. The number of nitrogen functional groups attached to an aromatic ring is 1. The predicted octanol–water partition coefficient (Wildman–Crippen LogP) is 2.63. The van der Waals surface area contributed by atoms with Crippen molar-refractivity contribution < 1.29 is 14.3 Å². The second-order valence-electron chi connectivity index (χ2n) is 3.93. The van der Waals surface area contributed by atoms with Gasteiger partial charge in [-0.2, -0.15) is 0 Å². The lowest BCUT2D eigenvalue weighted by Gasteiger charge is -2.05. The third-order valence-corrected chi connectivity index (χ3v) is 2.92. The average Bonchev–Trinajstić information content (AvgIpc) is 2.81. The first-order valence-corrected chi connectivity index (χ1v) is 7.26. The topological polar surface area (TPSA) is 77.3 Å². The first-order chi connectivity index (χ1) is 9.15. The SMILES string of the molecule is CCOC(=O)c1cc2cc(OCSC)cc(N)c2[nH]1. The van der Waals surface area contributed by atoms with Crippen LogP contribution in [0.25, 0.3) is 10.9 Å². The van der Waals surface area contributed by atoms with Gasteiger partial charge in [0.2, 0.25) is 0 Å². The minimum absolute atomic E-state index is 0.339. The molecule has 1 aromatic carbocycles. The third kappa shape index (κ3) is 2.96. The van der Waals surface area contributed by atoms with Crippen LogP contribution < -0.4 is 10.5 Å². The molecule has 0 saturated heterocycles. The third-order valence-electron chi connectivity index (χ3n) is 2.57. The molecule has 0 atom stereocenters. The molecule has 0 bridgehead atoms. The minimum Gasteiger partial charge on any atom is -0.483 e. The number of carbonyl (C=O) groups excluding carboxylic acids is 1. The number of H-pyrrole nitrogens is 1. The van der Waals surface area contributed by atoms with Crippen LogP contribution in [0.1, 0.15) is 17.4 Å². The molecule has 6 heteroatoms. The summed E-state index contributed by atoms with van der Waals surface area (Å²) in [6.45, 7) is 2.11. The Kier molecular flexibility index (Phi) is 4.21. The second-order valence-corrected chi connectivity index (χ2v) is 4.74. The van der Waals surface area contributed by atoms with Gasteiger partial charge in [-0.3, -0.25) is 0 Å². The van der Waals surface area contributed by atoms with Crippen LogP contribution in [-0.4, -0.2) is 29.8 Å². The Morgan fingerprint density at radius 1 is 1.42 bits per heavy atom. The van der Waals surface area contributed by atoms with Gasteiger partial charge in [0.1, 0.15) is 17.4 Å². The van der Waals surface area contributed by atoms with Gasteiger partial charge >= 0.3 is 5.97 Å². The fraction of sp³-hybridized carbons (Fsp3) is 0.308. The zero-order valence-corrected chi connectivity index (χ0v) is 11.7. The zero-order valence-electron chi connectivity index (χ0n) is 10.9. The van der Waals surface area contributed by atoms with E-state index in [1.807, 2.05) is 12.3 Å². The maximum absolute atomic E-state index is 11.7. The molecule has 5 nitrogen and oxygen atoms in total. The molecule has 0 spiro atoms. The van der Waals surface area contributed by atoms with E-state index in [1.54, 1.807) is 30.8 Å². The van der Waals surface area contributed by atoms with E-state index in [4.69, 9.17) is 15.2 Å². The van der Waals surface area contributed by atoms with E-state index in [1.165, 1.54) is 0 Å². The van der Waals surface area contributed by atoms with Crippen molar-refractivity contribution in [3.8, 4) is 5.75 Å².